The van der Waals surface area contributed by atoms with E-state index in [0.29, 0.717) is 31.4 Å². The van der Waals surface area contributed by atoms with Crippen molar-refractivity contribution in [3.63, 3.8) is 0 Å². The second kappa shape index (κ2) is 7.31. The molecule has 2 aromatic rings. The van der Waals surface area contributed by atoms with E-state index in [1.165, 1.54) is 12.1 Å². The van der Waals surface area contributed by atoms with Gasteiger partial charge >= 0.3 is 0 Å². The lowest BCUT2D eigenvalue weighted by atomic mass is 9.93. The van der Waals surface area contributed by atoms with Crippen LogP contribution in [-0.4, -0.2) is 40.2 Å². The van der Waals surface area contributed by atoms with Gasteiger partial charge in [-0.2, -0.15) is 5.10 Å². The van der Waals surface area contributed by atoms with Gasteiger partial charge in [-0.1, -0.05) is 6.07 Å². The maximum atomic E-state index is 13.7. The van der Waals surface area contributed by atoms with Gasteiger partial charge in [0.1, 0.15) is 11.6 Å². The van der Waals surface area contributed by atoms with Gasteiger partial charge in [0.15, 0.2) is 0 Å². The molecule has 0 spiro atoms. The fraction of sp³-hybridized carbons (Fsp3) is 0.444. The third-order valence-corrected chi connectivity index (χ3v) is 4.84. The average Bonchev–Trinajstić information content (AvgIpc) is 2.99. The molecule has 134 valence electrons. The Morgan fingerprint density at radius 1 is 1.28 bits per heavy atom. The highest BCUT2D eigenvalue weighted by molar-refractivity contribution is 5.77. The van der Waals surface area contributed by atoms with Crippen LogP contribution in [0.4, 0.5) is 8.78 Å². The Hall–Kier alpha value is -2.28. The van der Waals surface area contributed by atoms with Crippen molar-refractivity contribution in [2.75, 3.05) is 13.6 Å². The predicted molar refractivity (Wildman–Crippen MR) is 89.8 cm³/mol. The summed E-state index contributed by atoms with van der Waals surface area (Å²) in [5.41, 5.74) is 1.44. The fourth-order valence-electron chi connectivity index (χ4n) is 3.45. The molecule has 3 rings (SSSR count). The molecular weight excluding hydrogens is 326 g/mol. The normalized spacial score (nSPS) is 21.0. The molecule has 2 heterocycles. The van der Waals surface area contributed by atoms with Crippen LogP contribution in [0.25, 0.3) is 0 Å². The minimum Gasteiger partial charge on any atom is -0.336 e. The molecule has 25 heavy (non-hydrogen) atoms. The van der Waals surface area contributed by atoms with Crippen LogP contribution in [0.1, 0.15) is 30.1 Å². The van der Waals surface area contributed by atoms with Gasteiger partial charge in [-0.15, -0.1) is 0 Å². The van der Waals surface area contributed by atoms with Crippen molar-refractivity contribution < 1.29 is 13.6 Å². The van der Waals surface area contributed by atoms with Crippen LogP contribution in [0, 0.1) is 11.6 Å². The van der Waals surface area contributed by atoms with Crippen LogP contribution < -0.4 is 5.32 Å². The molecular formula is C18H22F2N4O. The Morgan fingerprint density at radius 3 is 2.76 bits per heavy atom. The minimum absolute atomic E-state index is 0.0570. The van der Waals surface area contributed by atoms with Crippen LogP contribution in [0.2, 0.25) is 0 Å². The molecule has 1 N–H and O–H groups in total. The van der Waals surface area contributed by atoms with Crippen molar-refractivity contribution in [1.29, 1.82) is 0 Å². The highest BCUT2D eigenvalue weighted by Crippen LogP contribution is 2.30. The van der Waals surface area contributed by atoms with E-state index in [2.05, 4.69) is 10.4 Å². The van der Waals surface area contributed by atoms with E-state index in [-0.39, 0.29) is 18.0 Å². The SMILES string of the molecule is CN1C(=O)CC[C@H](NCCc2ccc(F)cc2F)[C@H]1c1ccnn1C. The largest absolute Gasteiger partial charge is 0.336 e. The number of likely N-dealkylation sites (tertiary alicyclic amines) is 1. The molecule has 0 radical (unpaired) electrons. The number of benzene rings is 1. The first-order chi connectivity index (χ1) is 12.0. The van der Waals surface area contributed by atoms with Gasteiger partial charge in [0.2, 0.25) is 5.91 Å². The Balaban J connectivity index is 1.69. The van der Waals surface area contributed by atoms with Crippen LogP contribution in [0.3, 0.4) is 0 Å². The molecule has 0 aliphatic carbocycles. The summed E-state index contributed by atoms with van der Waals surface area (Å²) in [6, 6.07) is 5.49. The van der Waals surface area contributed by atoms with Gasteiger partial charge in [-0.3, -0.25) is 9.48 Å². The molecule has 1 amide bonds. The fourth-order valence-corrected chi connectivity index (χ4v) is 3.45. The Morgan fingerprint density at radius 2 is 2.08 bits per heavy atom. The lowest BCUT2D eigenvalue weighted by Crippen LogP contribution is -2.50. The summed E-state index contributed by atoms with van der Waals surface area (Å²) in [5, 5.41) is 7.63. The second-order valence-electron chi connectivity index (χ2n) is 6.41. The number of aromatic nitrogens is 2. The zero-order chi connectivity index (χ0) is 18.0. The first-order valence-electron chi connectivity index (χ1n) is 8.38. The van der Waals surface area contributed by atoms with Gasteiger partial charge in [0.25, 0.3) is 0 Å². The summed E-state index contributed by atoms with van der Waals surface area (Å²) in [4.78, 5) is 13.9. The van der Waals surface area contributed by atoms with Gasteiger partial charge in [0.05, 0.1) is 11.7 Å². The van der Waals surface area contributed by atoms with Gasteiger partial charge in [-0.05, 0) is 37.1 Å². The molecule has 1 aliphatic heterocycles. The molecule has 0 saturated carbocycles. The van der Waals surface area contributed by atoms with Crippen molar-refractivity contribution in [3.8, 4) is 0 Å². The number of carbonyl (C=O) groups excluding carboxylic acids is 1. The molecule has 0 bridgehead atoms. The first kappa shape index (κ1) is 17.5. The van der Waals surface area contributed by atoms with E-state index < -0.39 is 11.6 Å². The number of likely N-dealkylation sites (N-methyl/N-ethyl adjacent to an activating group) is 1. The van der Waals surface area contributed by atoms with E-state index in [9.17, 15) is 13.6 Å². The zero-order valence-electron chi connectivity index (χ0n) is 14.4. The molecule has 2 atom stereocenters. The molecule has 1 saturated heterocycles. The number of piperidine rings is 1. The Bertz CT molecular complexity index is 761. The van der Waals surface area contributed by atoms with Crippen molar-refractivity contribution in [2.45, 2.75) is 31.3 Å². The quantitative estimate of drug-likeness (QED) is 0.901. The van der Waals surface area contributed by atoms with Crippen molar-refractivity contribution >= 4 is 5.91 Å². The second-order valence-corrected chi connectivity index (χ2v) is 6.41. The van der Waals surface area contributed by atoms with Crippen molar-refractivity contribution in [3.05, 3.63) is 53.4 Å². The van der Waals surface area contributed by atoms with E-state index in [0.717, 1.165) is 11.8 Å². The Kier molecular flexibility index (Phi) is 5.13. The van der Waals surface area contributed by atoms with Crippen molar-refractivity contribution in [1.82, 2.24) is 20.0 Å². The number of hydrogen-bond acceptors (Lipinski definition) is 3. The number of aryl methyl sites for hydroxylation is 1. The summed E-state index contributed by atoms with van der Waals surface area (Å²) in [6.45, 7) is 0.545. The lowest BCUT2D eigenvalue weighted by Gasteiger charge is -2.39. The van der Waals surface area contributed by atoms with E-state index in [1.807, 2.05) is 13.1 Å². The van der Waals surface area contributed by atoms with E-state index in [4.69, 9.17) is 0 Å². The molecule has 1 aliphatic rings. The molecule has 5 nitrogen and oxygen atoms in total. The summed E-state index contributed by atoms with van der Waals surface area (Å²) in [7, 11) is 3.65. The van der Waals surface area contributed by atoms with Gasteiger partial charge < -0.3 is 10.2 Å². The number of hydrogen-bond donors (Lipinski definition) is 1. The first-order valence-corrected chi connectivity index (χ1v) is 8.38. The van der Waals surface area contributed by atoms with Gasteiger partial charge in [-0.25, -0.2) is 8.78 Å². The molecule has 7 heteroatoms. The van der Waals surface area contributed by atoms with Crippen LogP contribution >= 0.6 is 0 Å². The van der Waals surface area contributed by atoms with E-state index in [1.54, 1.807) is 22.8 Å². The maximum absolute atomic E-state index is 13.7. The highest BCUT2D eigenvalue weighted by atomic mass is 19.1. The predicted octanol–water partition coefficient (Wildman–Crippen LogP) is 2.19. The number of rotatable bonds is 5. The van der Waals surface area contributed by atoms with Crippen molar-refractivity contribution in [2.24, 2.45) is 7.05 Å². The van der Waals surface area contributed by atoms with Crippen LogP contribution in [0.5, 0.6) is 0 Å². The summed E-state index contributed by atoms with van der Waals surface area (Å²) in [6.07, 6.45) is 3.37. The van der Waals surface area contributed by atoms with Crippen LogP contribution in [-0.2, 0) is 18.3 Å². The third kappa shape index (κ3) is 3.71. The Labute approximate surface area is 145 Å². The third-order valence-electron chi connectivity index (χ3n) is 4.84. The average molecular weight is 348 g/mol. The zero-order valence-corrected chi connectivity index (χ0v) is 14.4. The molecule has 1 fully saturated rings. The van der Waals surface area contributed by atoms with E-state index >= 15 is 0 Å². The summed E-state index contributed by atoms with van der Waals surface area (Å²) in [5.74, 6) is -0.993. The number of carbonyl (C=O) groups is 1. The number of halogens is 2. The number of nitrogens with one attached hydrogen (secondary N) is 1. The smallest absolute Gasteiger partial charge is 0.222 e. The minimum atomic E-state index is -0.571. The standard InChI is InChI=1S/C18H22F2N4O/c1-23-17(25)6-5-15(18(23)16-8-10-22-24(16)2)21-9-7-12-3-4-13(19)11-14(12)20/h3-4,8,10-11,15,18,21H,5-7,9H2,1-2H3/t15-,18-/m0/s1. The monoisotopic (exact) mass is 348 g/mol. The molecule has 1 aromatic heterocycles. The lowest BCUT2D eigenvalue weighted by molar-refractivity contribution is -0.136. The number of amides is 1. The number of nitrogens with zero attached hydrogens (tertiary/aromatic N) is 3. The molecule has 0 unspecified atom stereocenters. The topological polar surface area (TPSA) is 50.2 Å². The van der Waals surface area contributed by atoms with Gasteiger partial charge in [0, 0.05) is 38.8 Å². The molecule has 1 aromatic carbocycles. The highest BCUT2D eigenvalue weighted by Gasteiger charge is 2.35. The van der Waals surface area contributed by atoms with Crippen LogP contribution in [0.15, 0.2) is 30.5 Å². The summed E-state index contributed by atoms with van der Waals surface area (Å²) >= 11 is 0. The maximum Gasteiger partial charge on any atom is 0.222 e. The summed E-state index contributed by atoms with van der Waals surface area (Å²) < 4.78 is 28.5.